The van der Waals surface area contributed by atoms with E-state index in [2.05, 4.69) is 25.4 Å². The molecule has 0 bridgehead atoms. The maximum Gasteiger partial charge on any atom is 0.417 e. The number of aromatic nitrogens is 5. The van der Waals surface area contributed by atoms with Crippen molar-refractivity contribution in [1.29, 1.82) is 0 Å². The number of alkyl halides is 3. The number of rotatable bonds is 3. The molecular formula is C18H11F3N6O. The lowest BCUT2D eigenvalue weighted by Crippen LogP contribution is -2.16. The molecule has 140 valence electrons. The molecule has 0 atom stereocenters. The van der Waals surface area contributed by atoms with Crippen molar-refractivity contribution in [3.63, 3.8) is 0 Å². The zero-order chi connectivity index (χ0) is 19.7. The van der Waals surface area contributed by atoms with Crippen molar-refractivity contribution in [1.82, 2.24) is 24.6 Å². The Morgan fingerprint density at radius 1 is 1.00 bits per heavy atom. The lowest BCUT2D eigenvalue weighted by Gasteiger charge is -2.12. The van der Waals surface area contributed by atoms with Crippen LogP contribution in [0.25, 0.3) is 16.9 Å². The summed E-state index contributed by atoms with van der Waals surface area (Å²) in [4.78, 5) is 24.4. The van der Waals surface area contributed by atoms with Crippen LogP contribution in [0, 0.1) is 0 Å². The SMILES string of the molecule is O=C(Nc1cnccn1)c1cnc2ccc(-c3ccccc3C(F)(F)F)nn12. The number of anilines is 1. The molecule has 0 saturated heterocycles. The Kier molecular flexibility index (Phi) is 4.22. The van der Waals surface area contributed by atoms with E-state index in [1.165, 1.54) is 59.6 Å². The second-order valence-electron chi connectivity index (χ2n) is 5.72. The minimum atomic E-state index is -4.53. The topological polar surface area (TPSA) is 85.1 Å². The van der Waals surface area contributed by atoms with Crippen LogP contribution in [0.2, 0.25) is 0 Å². The molecule has 0 spiro atoms. The van der Waals surface area contributed by atoms with Gasteiger partial charge in [-0.25, -0.2) is 14.5 Å². The van der Waals surface area contributed by atoms with Gasteiger partial charge in [0.15, 0.2) is 17.2 Å². The van der Waals surface area contributed by atoms with Crippen LogP contribution in [0.5, 0.6) is 0 Å². The largest absolute Gasteiger partial charge is 0.417 e. The Bertz CT molecular complexity index is 1160. The van der Waals surface area contributed by atoms with E-state index in [4.69, 9.17) is 0 Å². The predicted octanol–water partition coefficient (Wildman–Crippen LogP) is 3.46. The summed E-state index contributed by atoms with van der Waals surface area (Å²) in [5.41, 5.74) is -0.477. The van der Waals surface area contributed by atoms with Crippen molar-refractivity contribution in [3.8, 4) is 11.3 Å². The van der Waals surface area contributed by atoms with Crippen molar-refractivity contribution < 1.29 is 18.0 Å². The van der Waals surface area contributed by atoms with E-state index in [-0.39, 0.29) is 22.8 Å². The van der Waals surface area contributed by atoms with Crippen molar-refractivity contribution in [2.75, 3.05) is 5.32 Å². The summed E-state index contributed by atoms with van der Waals surface area (Å²) in [6.07, 6.45) is 0.978. The Morgan fingerprint density at radius 2 is 1.82 bits per heavy atom. The summed E-state index contributed by atoms with van der Waals surface area (Å²) in [7, 11) is 0. The first kappa shape index (κ1) is 17.6. The zero-order valence-corrected chi connectivity index (χ0v) is 14.1. The number of nitrogens with zero attached hydrogens (tertiary/aromatic N) is 5. The molecule has 28 heavy (non-hydrogen) atoms. The first-order chi connectivity index (χ1) is 13.4. The van der Waals surface area contributed by atoms with Crippen LogP contribution < -0.4 is 5.32 Å². The summed E-state index contributed by atoms with van der Waals surface area (Å²) >= 11 is 0. The molecule has 3 aromatic heterocycles. The quantitative estimate of drug-likeness (QED) is 0.585. The fourth-order valence-corrected chi connectivity index (χ4v) is 2.67. The van der Waals surface area contributed by atoms with Crippen molar-refractivity contribution >= 4 is 17.4 Å². The number of fused-ring (bicyclic) bond motifs is 1. The molecule has 0 radical (unpaired) electrons. The maximum atomic E-state index is 13.3. The van der Waals surface area contributed by atoms with Gasteiger partial charge in [-0.2, -0.15) is 18.3 Å². The average Bonchev–Trinajstić information content (AvgIpc) is 3.11. The van der Waals surface area contributed by atoms with Gasteiger partial charge in [0.25, 0.3) is 5.91 Å². The highest BCUT2D eigenvalue weighted by Gasteiger charge is 2.33. The highest BCUT2D eigenvalue weighted by atomic mass is 19.4. The van der Waals surface area contributed by atoms with E-state index in [0.29, 0.717) is 5.65 Å². The van der Waals surface area contributed by atoms with Gasteiger partial charge < -0.3 is 5.32 Å². The van der Waals surface area contributed by atoms with E-state index >= 15 is 0 Å². The molecule has 0 aliphatic carbocycles. The van der Waals surface area contributed by atoms with Crippen molar-refractivity contribution in [3.05, 3.63) is 72.4 Å². The molecule has 0 aliphatic rings. The van der Waals surface area contributed by atoms with E-state index in [9.17, 15) is 18.0 Å². The first-order valence-corrected chi connectivity index (χ1v) is 8.02. The molecular weight excluding hydrogens is 373 g/mol. The second-order valence-corrected chi connectivity index (χ2v) is 5.72. The lowest BCUT2D eigenvalue weighted by molar-refractivity contribution is -0.137. The molecule has 3 heterocycles. The van der Waals surface area contributed by atoms with Crippen LogP contribution in [0.4, 0.5) is 19.0 Å². The van der Waals surface area contributed by atoms with Gasteiger partial charge in [-0.1, -0.05) is 18.2 Å². The number of carbonyl (C=O) groups is 1. The van der Waals surface area contributed by atoms with Crippen LogP contribution in [-0.2, 0) is 6.18 Å². The minimum absolute atomic E-state index is 0.0481. The fraction of sp³-hybridized carbons (Fsp3) is 0.0556. The number of hydrogen-bond donors (Lipinski definition) is 1. The third-order valence-electron chi connectivity index (χ3n) is 3.91. The van der Waals surface area contributed by atoms with E-state index in [0.717, 1.165) is 6.07 Å². The van der Waals surface area contributed by atoms with Crippen LogP contribution in [0.1, 0.15) is 16.1 Å². The number of halogens is 3. The van der Waals surface area contributed by atoms with Gasteiger partial charge in [0.05, 0.1) is 23.7 Å². The second kappa shape index (κ2) is 6.72. The van der Waals surface area contributed by atoms with Crippen molar-refractivity contribution in [2.45, 2.75) is 6.18 Å². The molecule has 0 aliphatic heterocycles. The van der Waals surface area contributed by atoms with Crippen LogP contribution >= 0.6 is 0 Å². The highest BCUT2D eigenvalue weighted by Crippen LogP contribution is 2.36. The number of nitrogens with one attached hydrogen (secondary N) is 1. The highest BCUT2D eigenvalue weighted by molar-refractivity contribution is 6.02. The predicted molar refractivity (Wildman–Crippen MR) is 93.4 cm³/mol. The summed E-state index contributed by atoms with van der Waals surface area (Å²) < 4.78 is 41.1. The lowest BCUT2D eigenvalue weighted by atomic mass is 10.0. The molecule has 1 N–H and O–H groups in total. The van der Waals surface area contributed by atoms with Crippen molar-refractivity contribution in [2.24, 2.45) is 0 Å². The van der Waals surface area contributed by atoms with Gasteiger partial charge >= 0.3 is 6.18 Å². The van der Waals surface area contributed by atoms with E-state index < -0.39 is 17.6 Å². The molecule has 4 rings (SSSR count). The number of benzene rings is 1. The molecule has 7 nitrogen and oxygen atoms in total. The summed E-state index contributed by atoms with van der Waals surface area (Å²) in [5.74, 6) is -0.345. The normalized spacial score (nSPS) is 11.5. The summed E-state index contributed by atoms with van der Waals surface area (Å²) in [6.45, 7) is 0. The van der Waals surface area contributed by atoms with Crippen LogP contribution in [0.3, 0.4) is 0 Å². The molecule has 10 heteroatoms. The molecule has 0 saturated carbocycles. The standard InChI is InChI=1S/C18H11F3N6O/c19-18(20,21)12-4-2-1-3-11(12)13-5-6-16-24-9-14(27(16)26-13)17(28)25-15-10-22-7-8-23-15/h1-10H,(H,23,25,28). The van der Waals surface area contributed by atoms with Gasteiger partial charge in [0, 0.05) is 18.0 Å². The number of imidazole rings is 1. The third kappa shape index (κ3) is 3.27. The van der Waals surface area contributed by atoms with E-state index in [1.807, 2.05) is 0 Å². The van der Waals surface area contributed by atoms with Gasteiger partial charge in [-0.05, 0) is 18.2 Å². The number of hydrogen-bond acceptors (Lipinski definition) is 5. The molecule has 1 amide bonds. The fourth-order valence-electron chi connectivity index (χ4n) is 2.67. The Morgan fingerprint density at radius 3 is 2.57 bits per heavy atom. The molecule has 0 unspecified atom stereocenters. The first-order valence-electron chi connectivity index (χ1n) is 8.02. The smallest absolute Gasteiger partial charge is 0.304 e. The third-order valence-corrected chi connectivity index (χ3v) is 3.91. The Balaban J connectivity index is 1.77. The molecule has 4 aromatic rings. The van der Waals surface area contributed by atoms with Gasteiger partial charge in [0.1, 0.15) is 0 Å². The Hall–Kier alpha value is -3.82. The maximum absolute atomic E-state index is 13.3. The molecule has 1 aromatic carbocycles. The monoisotopic (exact) mass is 384 g/mol. The van der Waals surface area contributed by atoms with E-state index in [1.54, 1.807) is 0 Å². The van der Waals surface area contributed by atoms with Gasteiger partial charge in [-0.15, -0.1) is 0 Å². The summed E-state index contributed by atoms with van der Waals surface area (Å²) in [5, 5.41) is 6.74. The molecule has 0 fully saturated rings. The number of amides is 1. The van der Waals surface area contributed by atoms with Crippen LogP contribution in [0.15, 0.2) is 61.2 Å². The number of carbonyl (C=O) groups excluding carboxylic acids is 1. The minimum Gasteiger partial charge on any atom is -0.304 e. The zero-order valence-electron chi connectivity index (χ0n) is 14.1. The van der Waals surface area contributed by atoms with Gasteiger partial charge in [0.2, 0.25) is 0 Å². The summed E-state index contributed by atoms with van der Waals surface area (Å²) in [6, 6.07) is 8.03. The van der Waals surface area contributed by atoms with Crippen LogP contribution in [-0.4, -0.2) is 30.5 Å². The van der Waals surface area contributed by atoms with Gasteiger partial charge in [-0.3, -0.25) is 9.78 Å². The average molecular weight is 384 g/mol. The Labute approximate surface area is 155 Å².